The minimum absolute atomic E-state index is 0.102. The Kier molecular flexibility index (Phi) is 2.77. The lowest BCUT2D eigenvalue weighted by Gasteiger charge is -2.21. The van der Waals surface area contributed by atoms with Crippen LogP contribution in [0.25, 0.3) is 0 Å². The smallest absolute Gasteiger partial charge is 0.239 e. The molecule has 1 N–H and O–H groups in total. The number of likely N-dealkylation sites (tertiary alicyclic amines) is 1. The van der Waals surface area contributed by atoms with Crippen LogP contribution in [0.4, 0.5) is 0 Å². The fourth-order valence-corrected chi connectivity index (χ4v) is 2.63. The van der Waals surface area contributed by atoms with Gasteiger partial charge in [-0.05, 0) is 25.2 Å². The fraction of sp³-hybridized carbons (Fsp3) is 0.909. The molecular formula is C11H20N2O. The Morgan fingerprint density at radius 3 is 2.64 bits per heavy atom. The number of hydrogen-bond acceptors (Lipinski definition) is 2. The van der Waals surface area contributed by atoms with Crippen LogP contribution >= 0.6 is 0 Å². The Hall–Kier alpha value is -0.570. The van der Waals surface area contributed by atoms with Gasteiger partial charge in [0.05, 0.1) is 6.04 Å². The van der Waals surface area contributed by atoms with Gasteiger partial charge in [-0.15, -0.1) is 0 Å². The summed E-state index contributed by atoms with van der Waals surface area (Å²) in [5.41, 5.74) is 0. The van der Waals surface area contributed by atoms with Gasteiger partial charge in [0.15, 0.2) is 0 Å². The molecule has 2 aliphatic rings. The van der Waals surface area contributed by atoms with E-state index in [-0.39, 0.29) is 11.9 Å². The third kappa shape index (κ3) is 1.78. The molecule has 1 saturated carbocycles. The van der Waals surface area contributed by atoms with E-state index >= 15 is 0 Å². The molecule has 3 unspecified atom stereocenters. The second-order valence-corrected chi connectivity index (χ2v) is 4.78. The van der Waals surface area contributed by atoms with E-state index in [1.54, 1.807) is 0 Å². The fourth-order valence-electron chi connectivity index (χ4n) is 2.63. The van der Waals surface area contributed by atoms with Gasteiger partial charge < -0.3 is 10.2 Å². The highest BCUT2D eigenvalue weighted by Gasteiger charge is 2.33. The van der Waals surface area contributed by atoms with Crippen LogP contribution in [0.15, 0.2) is 0 Å². The third-order valence-corrected chi connectivity index (χ3v) is 3.70. The summed E-state index contributed by atoms with van der Waals surface area (Å²) in [6, 6.07) is 0.681. The maximum absolute atomic E-state index is 11.7. The van der Waals surface area contributed by atoms with E-state index in [1.165, 1.54) is 19.3 Å². The van der Waals surface area contributed by atoms with Crippen LogP contribution in [-0.4, -0.2) is 36.5 Å². The van der Waals surface area contributed by atoms with Gasteiger partial charge in [-0.2, -0.15) is 0 Å². The first-order chi connectivity index (χ1) is 6.68. The van der Waals surface area contributed by atoms with Gasteiger partial charge in [-0.25, -0.2) is 0 Å². The normalized spacial score (nSPS) is 38.3. The molecule has 0 spiro atoms. The summed E-state index contributed by atoms with van der Waals surface area (Å²) in [5.74, 6) is 1.03. The standard InChI is InChI=1S/C11H20N2O/c1-8-4-3-5-9(8)12-10-6-7-13(2)11(10)14/h8-10,12H,3-7H2,1-2H3. The molecular weight excluding hydrogens is 176 g/mol. The van der Waals surface area contributed by atoms with Crippen molar-refractivity contribution in [3.63, 3.8) is 0 Å². The highest BCUT2D eigenvalue weighted by molar-refractivity contribution is 5.83. The molecule has 1 heterocycles. The number of nitrogens with zero attached hydrogens (tertiary/aromatic N) is 1. The van der Waals surface area contributed by atoms with Gasteiger partial charge in [0.25, 0.3) is 0 Å². The van der Waals surface area contributed by atoms with Crippen molar-refractivity contribution in [3.8, 4) is 0 Å². The number of carbonyl (C=O) groups is 1. The van der Waals surface area contributed by atoms with Gasteiger partial charge >= 0.3 is 0 Å². The first-order valence-electron chi connectivity index (χ1n) is 5.69. The highest BCUT2D eigenvalue weighted by Crippen LogP contribution is 2.26. The molecule has 1 aliphatic carbocycles. The van der Waals surface area contributed by atoms with E-state index < -0.39 is 0 Å². The van der Waals surface area contributed by atoms with Crippen molar-refractivity contribution in [2.24, 2.45) is 5.92 Å². The predicted molar refractivity (Wildman–Crippen MR) is 56.0 cm³/mol. The van der Waals surface area contributed by atoms with E-state index in [0.717, 1.165) is 18.9 Å². The summed E-state index contributed by atoms with van der Waals surface area (Å²) in [6.07, 6.45) is 4.86. The average Bonchev–Trinajstić information content (AvgIpc) is 2.68. The number of nitrogens with one attached hydrogen (secondary N) is 1. The SMILES string of the molecule is CC1CCCC1NC1CCN(C)C1=O. The van der Waals surface area contributed by atoms with Crippen molar-refractivity contribution >= 4 is 5.91 Å². The maximum Gasteiger partial charge on any atom is 0.239 e. The van der Waals surface area contributed by atoms with Gasteiger partial charge in [0.2, 0.25) is 5.91 Å². The highest BCUT2D eigenvalue weighted by atomic mass is 16.2. The van der Waals surface area contributed by atoms with Gasteiger partial charge in [0.1, 0.15) is 0 Å². The van der Waals surface area contributed by atoms with Crippen LogP contribution in [-0.2, 0) is 4.79 Å². The molecule has 3 atom stereocenters. The zero-order valence-corrected chi connectivity index (χ0v) is 9.12. The van der Waals surface area contributed by atoms with Crippen LogP contribution < -0.4 is 5.32 Å². The number of carbonyl (C=O) groups excluding carboxylic acids is 1. The zero-order valence-electron chi connectivity index (χ0n) is 9.12. The number of hydrogen-bond donors (Lipinski definition) is 1. The van der Waals surface area contributed by atoms with Gasteiger partial charge in [-0.1, -0.05) is 13.3 Å². The maximum atomic E-state index is 11.7. The summed E-state index contributed by atoms with van der Waals surface area (Å²) in [6.45, 7) is 3.20. The molecule has 1 saturated heterocycles. The van der Waals surface area contributed by atoms with Crippen molar-refractivity contribution < 1.29 is 4.79 Å². The molecule has 0 aromatic rings. The third-order valence-electron chi connectivity index (χ3n) is 3.70. The first kappa shape index (κ1) is 9.97. The Balaban J connectivity index is 1.88. The van der Waals surface area contributed by atoms with E-state index in [4.69, 9.17) is 0 Å². The van der Waals surface area contributed by atoms with Crippen LogP contribution in [0, 0.1) is 5.92 Å². The second kappa shape index (κ2) is 3.89. The minimum Gasteiger partial charge on any atom is -0.344 e. The topological polar surface area (TPSA) is 32.3 Å². The molecule has 0 aromatic heterocycles. The van der Waals surface area contributed by atoms with Gasteiger partial charge in [-0.3, -0.25) is 4.79 Å². The molecule has 3 nitrogen and oxygen atoms in total. The van der Waals surface area contributed by atoms with Crippen LogP contribution in [0.1, 0.15) is 32.6 Å². The van der Waals surface area contributed by atoms with E-state index in [2.05, 4.69) is 12.2 Å². The summed E-state index contributed by atoms with van der Waals surface area (Å²) >= 11 is 0. The second-order valence-electron chi connectivity index (χ2n) is 4.78. The summed E-state index contributed by atoms with van der Waals surface area (Å²) < 4.78 is 0. The van der Waals surface area contributed by atoms with Crippen molar-refractivity contribution in [2.45, 2.75) is 44.7 Å². The Bertz CT molecular complexity index is 229. The Labute approximate surface area is 85.8 Å². The number of amides is 1. The predicted octanol–water partition coefficient (Wildman–Crippen LogP) is 0.995. The van der Waals surface area contributed by atoms with Crippen molar-refractivity contribution in [1.29, 1.82) is 0 Å². The molecule has 0 aromatic carbocycles. The van der Waals surface area contributed by atoms with Crippen molar-refractivity contribution in [1.82, 2.24) is 10.2 Å². The first-order valence-corrected chi connectivity index (χ1v) is 5.69. The van der Waals surface area contributed by atoms with Crippen LogP contribution in [0.5, 0.6) is 0 Å². The minimum atomic E-state index is 0.102. The van der Waals surface area contributed by atoms with E-state index in [0.29, 0.717) is 6.04 Å². The lowest BCUT2D eigenvalue weighted by atomic mass is 10.1. The summed E-state index contributed by atoms with van der Waals surface area (Å²) in [5, 5.41) is 3.52. The largest absolute Gasteiger partial charge is 0.344 e. The molecule has 0 radical (unpaired) electrons. The molecule has 1 aliphatic heterocycles. The number of likely N-dealkylation sites (N-methyl/N-ethyl adjacent to an activating group) is 1. The molecule has 80 valence electrons. The quantitative estimate of drug-likeness (QED) is 0.714. The molecule has 2 rings (SSSR count). The monoisotopic (exact) mass is 196 g/mol. The molecule has 1 amide bonds. The van der Waals surface area contributed by atoms with E-state index in [9.17, 15) is 4.79 Å². The summed E-state index contributed by atoms with van der Waals surface area (Å²) in [4.78, 5) is 13.5. The summed E-state index contributed by atoms with van der Waals surface area (Å²) in [7, 11) is 1.89. The molecule has 2 fully saturated rings. The lowest BCUT2D eigenvalue weighted by Crippen LogP contribution is -2.44. The van der Waals surface area contributed by atoms with E-state index in [1.807, 2.05) is 11.9 Å². The molecule has 0 bridgehead atoms. The average molecular weight is 196 g/mol. The Morgan fingerprint density at radius 1 is 1.36 bits per heavy atom. The zero-order chi connectivity index (χ0) is 10.1. The number of rotatable bonds is 2. The Morgan fingerprint density at radius 2 is 2.14 bits per heavy atom. The van der Waals surface area contributed by atoms with Crippen LogP contribution in [0.3, 0.4) is 0 Å². The molecule has 14 heavy (non-hydrogen) atoms. The molecule has 3 heteroatoms. The lowest BCUT2D eigenvalue weighted by molar-refractivity contribution is -0.128. The van der Waals surface area contributed by atoms with Gasteiger partial charge in [0, 0.05) is 19.6 Å². The van der Waals surface area contributed by atoms with Crippen molar-refractivity contribution in [3.05, 3.63) is 0 Å². The van der Waals surface area contributed by atoms with Crippen molar-refractivity contribution in [2.75, 3.05) is 13.6 Å². The van der Waals surface area contributed by atoms with Crippen LogP contribution in [0.2, 0.25) is 0 Å².